The molecule has 0 aromatic carbocycles. The first-order chi connectivity index (χ1) is 11.9. The zero-order chi connectivity index (χ0) is 18.8. The number of carbonyl (C=O) groups is 1. The Morgan fingerprint density at radius 3 is 2.24 bits per heavy atom. The highest BCUT2D eigenvalue weighted by Gasteiger charge is 2.38. The Hall–Kier alpha value is -0.990. The van der Waals surface area contributed by atoms with Crippen LogP contribution in [0.15, 0.2) is 11.8 Å². The summed E-state index contributed by atoms with van der Waals surface area (Å²) in [5.41, 5.74) is -0.907. The van der Waals surface area contributed by atoms with Gasteiger partial charge in [0.05, 0.1) is 17.8 Å². The van der Waals surface area contributed by atoms with Gasteiger partial charge in [-0.1, -0.05) is 46.0 Å². The Morgan fingerprint density at radius 2 is 1.68 bits per heavy atom. The van der Waals surface area contributed by atoms with Crippen molar-refractivity contribution in [3.8, 4) is 0 Å². The van der Waals surface area contributed by atoms with Crippen LogP contribution in [-0.2, 0) is 14.3 Å². The molecule has 3 heteroatoms. The fraction of sp³-hybridized carbons (Fsp3) is 0.864. The second-order valence-electron chi connectivity index (χ2n) is 8.23. The Labute approximate surface area is 155 Å². The Kier molecular flexibility index (Phi) is 9.60. The summed E-state index contributed by atoms with van der Waals surface area (Å²) in [6.07, 6.45) is 14.0. The van der Waals surface area contributed by atoms with E-state index >= 15 is 0 Å². The maximum Gasteiger partial charge on any atom is 0.316 e. The lowest BCUT2D eigenvalue weighted by Gasteiger charge is -2.35. The molecule has 0 radical (unpaired) electrons. The molecule has 1 aliphatic rings. The summed E-state index contributed by atoms with van der Waals surface area (Å²) < 4.78 is 11.9. The molecule has 1 aliphatic carbocycles. The largest absolute Gasteiger partial charge is 0.499 e. The van der Waals surface area contributed by atoms with Crippen molar-refractivity contribution in [3.05, 3.63) is 11.8 Å². The van der Waals surface area contributed by atoms with E-state index in [0.29, 0.717) is 6.61 Å². The van der Waals surface area contributed by atoms with Gasteiger partial charge in [0.15, 0.2) is 0 Å². The van der Waals surface area contributed by atoms with E-state index in [1.54, 1.807) is 0 Å². The van der Waals surface area contributed by atoms with E-state index < -0.39 is 5.41 Å². The minimum Gasteiger partial charge on any atom is -0.499 e. The second-order valence-corrected chi connectivity index (χ2v) is 8.23. The number of ether oxygens (including phenoxy) is 2. The highest BCUT2D eigenvalue weighted by Crippen LogP contribution is 2.35. The van der Waals surface area contributed by atoms with Gasteiger partial charge < -0.3 is 9.47 Å². The number of carbonyl (C=O) groups excluding carboxylic acids is 1. The molecule has 3 nitrogen and oxygen atoms in total. The molecule has 1 saturated carbocycles. The van der Waals surface area contributed by atoms with E-state index in [4.69, 9.17) is 9.47 Å². The first-order valence-corrected chi connectivity index (χ1v) is 10.4. The third-order valence-electron chi connectivity index (χ3n) is 5.32. The predicted molar refractivity (Wildman–Crippen MR) is 104 cm³/mol. The topological polar surface area (TPSA) is 35.5 Å². The number of hydrogen-bond donors (Lipinski definition) is 0. The SMILES string of the molecule is CCCCC(C)(/C=C(/C)OCCC)C(=O)OC1(C)CCCCCCC1. The average molecular weight is 353 g/mol. The smallest absolute Gasteiger partial charge is 0.316 e. The molecule has 1 rings (SSSR count). The quantitative estimate of drug-likeness (QED) is 0.348. The van der Waals surface area contributed by atoms with Crippen LogP contribution < -0.4 is 0 Å². The standard InChI is InChI=1S/C22H40O3/c1-6-8-14-21(4,18-19(3)24-17-7-2)20(23)25-22(5)15-12-10-9-11-13-16-22/h18H,6-17H2,1-5H3/b19-18-. The molecule has 1 unspecified atom stereocenters. The molecule has 0 amide bonds. The van der Waals surface area contributed by atoms with Gasteiger partial charge >= 0.3 is 5.97 Å². The fourth-order valence-corrected chi connectivity index (χ4v) is 3.63. The van der Waals surface area contributed by atoms with Crippen LogP contribution in [0, 0.1) is 5.41 Å². The summed E-state index contributed by atoms with van der Waals surface area (Å²) in [6, 6.07) is 0. The van der Waals surface area contributed by atoms with Crippen molar-refractivity contribution in [1.29, 1.82) is 0 Å². The highest BCUT2D eigenvalue weighted by molar-refractivity contribution is 5.79. The minimum absolute atomic E-state index is 0.0801. The van der Waals surface area contributed by atoms with E-state index in [0.717, 1.165) is 57.1 Å². The van der Waals surface area contributed by atoms with E-state index in [1.807, 2.05) is 19.9 Å². The molecular formula is C22H40O3. The molecule has 0 saturated heterocycles. The van der Waals surface area contributed by atoms with Crippen molar-refractivity contribution in [2.75, 3.05) is 6.61 Å². The molecule has 0 aromatic rings. The van der Waals surface area contributed by atoms with Crippen LogP contribution in [-0.4, -0.2) is 18.2 Å². The molecule has 0 heterocycles. The van der Waals surface area contributed by atoms with E-state index in [1.165, 1.54) is 19.3 Å². The monoisotopic (exact) mass is 352 g/mol. The second kappa shape index (κ2) is 10.9. The van der Waals surface area contributed by atoms with E-state index in [9.17, 15) is 4.79 Å². The molecule has 0 N–H and O–H groups in total. The molecular weight excluding hydrogens is 312 g/mol. The molecule has 1 fully saturated rings. The number of esters is 1. The third-order valence-corrected chi connectivity index (χ3v) is 5.32. The van der Waals surface area contributed by atoms with Crippen molar-refractivity contribution < 1.29 is 14.3 Å². The highest BCUT2D eigenvalue weighted by atomic mass is 16.6. The lowest BCUT2D eigenvalue weighted by atomic mass is 9.83. The summed E-state index contributed by atoms with van der Waals surface area (Å²) in [7, 11) is 0. The van der Waals surface area contributed by atoms with Crippen LogP contribution in [0.1, 0.15) is 105 Å². The van der Waals surface area contributed by atoms with Gasteiger partial charge in [-0.15, -0.1) is 0 Å². The number of unbranched alkanes of at least 4 members (excludes halogenated alkanes) is 1. The predicted octanol–water partition coefficient (Wildman–Crippen LogP) is 6.56. The maximum atomic E-state index is 13.1. The molecule has 0 spiro atoms. The fourth-order valence-electron chi connectivity index (χ4n) is 3.63. The maximum absolute atomic E-state index is 13.1. The van der Waals surface area contributed by atoms with Crippen LogP contribution in [0.5, 0.6) is 0 Å². The summed E-state index contributed by atoms with van der Waals surface area (Å²) in [5, 5.41) is 0. The van der Waals surface area contributed by atoms with Crippen LogP contribution in [0.25, 0.3) is 0 Å². The molecule has 25 heavy (non-hydrogen) atoms. The first-order valence-electron chi connectivity index (χ1n) is 10.4. The normalized spacial score (nSPS) is 20.9. The lowest BCUT2D eigenvalue weighted by Crippen LogP contribution is -2.39. The number of allylic oxidation sites excluding steroid dienone is 1. The van der Waals surface area contributed by atoms with Crippen LogP contribution in [0.4, 0.5) is 0 Å². The minimum atomic E-state index is -0.598. The van der Waals surface area contributed by atoms with Crippen molar-refractivity contribution in [2.45, 2.75) is 111 Å². The number of hydrogen-bond acceptors (Lipinski definition) is 3. The van der Waals surface area contributed by atoms with Crippen LogP contribution in [0.3, 0.4) is 0 Å². The summed E-state index contributed by atoms with van der Waals surface area (Å²) >= 11 is 0. The Morgan fingerprint density at radius 1 is 1.08 bits per heavy atom. The van der Waals surface area contributed by atoms with Gasteiger partial charge in [-0.3, -0.25) is 4.79 Å². The average Bonchev–Trinajstić information content (AvgIpc) is 2.55. The summed E-state index contributed by atoms with van der Waals surface area (Å²) in [5.74, 6) is 0.753. The molecule has 146 valence electrons. The van der Waals surface area contributed by atoms with Gasteiger partial charge in [0.1, 0.15) is 5.60 Å². The molecule has 0 aromatic heterocycles. The van der Waals surface area contributed by atoms with Crippen molar-refractivity contribution in [1.82, 2.24) is 0 Å². The van der Waals surface area contributed by atoms with E-state index in [-0.39, 0.29) is 11.6 Å². The van der Waals surface area contributed by atoms with E-state index in [2.05, 4.69) is 20.8 Å². The van der Waals surface area contributed by atoms with Gasteiger partial charge in [0.25, 0.3) is 0 Å². The molecule has 0 aliphatic heterocycles. The van der Waals surface area contributed by atoms with Crippen molar-refractivity contribution in [3.63, 3.8) is 0 Å². The summed E-state index contributed by atoms with van der Waals surface area (Å²) in [4.78, 5) is 13.1. The van der Waals surface area contributed by atoms with Gasteiger partial charge in [0, 0.05) is 0 Å². The number of rotatable bonds is 9. The van der Waals surface area contributed by atoms with Gasteiger partial charge in [-0.25, -0.2) is 0 Å². The Bertz CT molecular complexity index is 419. The van der Waals surface area contributed by atoms with Crippen LogP contribution in [0.2, 0.25) is 0 Å². The van der Waals surface area contributed by atoms with Gasteiger partial charge in [0.2, 0.25) is 0 Å². The lowest BCUT2D eigenvalue weighted by molar-refractivity contribution is -0.169. The zero-order valence-electron chi connectivity index (χ0n) is 17.3. The molecule has 1 atom stereocenters. The van der Waals surface area contributed by atoms with Gasteiger partial charge in [-0.05, 0) is 65.4 Å². The van der Waals surface area contributed by atoms with Crippen LogP contribution >= 0.6 is 0 Å². The summed E-state index contributed by atoms with van der Waals surface area (Å²) in [6.45, 7) is 11.0. The third kappa shape index (κ3) is 7.83. The first kappa shape index (κ1) is 22.1. The van der Waals surface area contributed by atoms with Crippen molar-refractivity contribution in [2.24, 2.45) is 5.41 Å². The van der Waals surface area contributed by atoms with Gasteiger partial charge in [-0.2, -0.15) is 0 Å². The Balaban J connectivity index is 2.86. The van der Waals surface area contributed by atoms with Crippen molar-refractivity contribution >= 4 is 5.97 Å². The molecule has 0 bridgehead atoms. The zero-order valence-corrected chi connectivity index (χ0v) is 17.3.